The van der Waals surface area contributed by atoms with Gasteiger partial charge in [0.2, 0.25) is 0 Å². The van der Waals surface area contributed by atoms with Crippen LogP contribution >= 0.6 is 0 Å². The fourth-order valence-electron chi connectivity index (χ4n) is 2.43. The second kappa shape index (κ2) is 5.22. The molecule has 5 heteroatoms. The topological polar surface area (TPSA) is 66.9 Å². The van der Waals surface area contributed by atoms with Crippen molar-refractivity contribution in [1.82, 2.24) is 15.3 Å². The first kappa shape index (κ1) is 11.9. The number of fused-ring (bicyclic) bond motifs is 1. The molecule has 1 fully saturated rings. The van der Waals surface area contributed by atoms with E-state index >= 15 is 0 Å². The minimum atomic E-state index is -0.178. The summed E-state index contributed by atoms with van der Waals surface area (Å²) in [5, 5.41) is 5.74. The second-order valence-electron chi connectivity index (χ2n) is 4.82. The van der Waals surface area contributed by atoms with Crippen LogP contribution < -0.4 is 10.6 Å². The van der Waals surface area contributed by atoms with Crippen LogP contribution in [0.3, 0.4) is 0 Å². The summed E-state index contributed by atoms with van der Waals surface area (Å²) >= 11 is 0. The maximum atomic E-state index is 11.8. The zero-order chi connectivity index (χ0) is 13.1. The summed E-state index contributed by atoms with van der Waals surface area (Å²) in [4.78, 5) is 20.4. The Hall–Kier alpha value is -2.17. The molecule has 1 saturated carbocycles. The van der Waals surface area contributed by atoms with Crippen molar-refractivity contribution in [3.63, 3.8) is 0 Å². The first-order chi connectivity index (χ1) is 9.31. The van der Waals surface area contributed by atoms with Crippen molar-refractivity contribution in [2.24, 2.45) is 0 Å². The fraction of sp³-hybridized carbons (Fsp3) is 0.357. The molecule has 0 aliphatic heterocycles. The van der Waals surface area contributed by atoms with Crippen molar-refractivity contribution in [3.05, 3.63) is 30.5 Å². The molecule has 5 nitrogen and oxygen atoms in total. The molecule has 2 heterocycles. The first-order valence-electron chi connectivity index (χ1n) is 6.60. The van der Waals surface area contributed by atoms with Crippen LogP contribution in [0, 0.1) is 0 Å². The number of anilines is 1. The number of pyridine rings is 2. The molecule has 3 rings (SSSR count). The lowest BCUT2D eigenvalue weighted by Gasteiger charge is -2.12. The molecule has 1 aliphatic rings. The third kappa shape index (κ3) is 2.81. The predicted octanol–water partition coefficient (Wildman–Crippen LogP) is 2.69. The molecule has 2 amide bonds. The van der Waals surface area contributed by atoms with E-state index in [0.717, 1.165) is 23.9 Å². The third-order valence-electron chi connectivity index (χ3n) is 3.39. The van der Waals surface area contributed by atoms with Crippen LogP contribution in [0.4, 0.5) is 10.6 Å². The number of urea groups is 1. The second-order valence-corrected chi connectivity index (χ2v) is 4.82. The Morgan fingerprint density at radius 2 is 2.00 bits per heavy atom. The molecule has 0 unspecified atom stereocenters. The average Bonchev–Trinajstić information content (AvgIpc) is 2.91. The standard InChI is InChI=1S/C14H16N4O/c19-14(16-10-4-1-2-5-10)18-13-8-7-11-12(17-13)6-3-9-15-11/h3,6-10H,1-2,4-5H2,(H2,16,17,18,19). The van der Waals surface area contributed by atoms with E-state index in [2.05, 4.69) is 20.6 Å². The number of carbonyl (C=O) groups excluding carboxylic acids is 1. The highest BCUT2D eigenvalue weighted by Gasteiger charge is 2.17. The van der Waals surface area contributed by atoms with Gasteiger partial charge in [-0.05, 0) is 37.1 Å². The Bertz CT molecular complexity index is 593. The van der Waals surface area contributed by atoms with Gasteiger partial charge in [-0.2, -0.15) is 0 Å². The molecule has 1 aliphatic carbocycles. The number of nitrogens with one attached hydrogen (secondary N) is 2. The van der Waals surface area contributed by atoms with Crippen molar-refractivity contribution in [3.8, 4) is 0 Å². The highest BCUT2D eigenvalue weighted by Crippen LogP contribution is 2.18. The molecule has 0 aromatic carbocycles. The Balaban J connectivity index is 1.68. The minimum Gasteiger partial charge on any atom is -0.335 e. The minimum absolute atomic E-state index is 0.178. The van der Waals surface area contributed by atoms with Crippen LogP contribution in [0.2, 0.25) is 0 Å². The monoisotopic (exact) mass is 256 g/mol. The number of amides is 2. The summed E-state index contributed by atoms with van der Waals surface area (Å²) in [5.41, 5.74) is 1.60. The zero-order valence-corrected chi connectivity index (χ0v) is 10.6. The zero-order valence-electron chi connectivity index (χ0n) is 10.6. The van der Waals surface area contributed by atoms with E-state index < -0.39 is 0 Å². The largest absolute Gasteiger partial charge is 0.335 e. The van der Waals surface area contributed by atoms with Crippen molar-refractivity contribution < 1.29 is 4.79 Å². The molecule has 2 aromatic rings. The smallest absolute Gasteiger partial charge is 0.320 e. The molecule has 19 heavy (non-hydrogen) atoms. The Kier molecular flexibility index (Phi) is 3.27. The average molecular weight is 256 g/mol. The highest BCUT2D eigenvalue weighted by molar-refractivity contribution is 5.89. The van der Waals surface area contributed by atoms with Gasteiger partial charge in [0.05, 0.1) is 11.0 Å². The number of carbonyl (C=O) groups is 1. The number of aromatic nitrogens is 2. The molecule has 0 spiro atoms. The van der Waals surface area contributed by atoms with E-state index in [1.807, 2.05) is 18.2 Å². The molecule has 2 N–H and O–H groups in total. The van der Waals surface area contributed by atoms with Crippen molar-refractivity contribution >= 4 is 22.9 Å². The van der Waals surface area contributed by atoms with E-state index in [9.17, 15) is 4.79 Å². The quantitative estimate of drug-likeness (QED) is 0.868. The van der Waals surface area contributed by atoms with Gasteiger partial charge in [-0.15, -0.1) is 0 Å². The maximum Gasteiger partial charge on any atom is 0.320 e. The van der Waals surface area contributed by atoms with E-state index in [0.29, 0.717) is 11.9 Å². The van der Waals surface area contributed by atoms with Gasteiger partial charge >= 0.3 is 6.03 Å². The molecular formula is C14H16N4O. The van der Waals surface area contributed by atoms with Crippen LogP contribution in [-0.4, -0.2) is 22.0 Å². The van der Waals surface area contributed by atoms with Gasteiger partial charge in [-0.1, -0.05) is 12.8 Å². The molecular weight excluding hydrogens is 240 g/mol. The van der Waals surface area contributed by atoms with Gasteiger partial charge in [0, 0.05) is 12.2 Å². The van der Waals surface area contributed by atoms with Gasteiger partial charge in [-0.3, -0.25) is 10.3 Å². The highest BCUT2D eigenvalue weighted by atomic mass is 16.2. The molecule has 2 aromatic heterocycles. The van der Waals surface area contributed by atoms with Gasteiger partial charge < -0.3 is 5.32 Å². The van der Waals surface area contributed by atoms with Crippen LogP contribution in [0.15, 0.2) is 30.5 Å². The van der Waals surface area contributed by atoms with Gasteiger partial charge in [0.1, 0.15) is 5.82 Å². The van der Waals surface area contributed by atoms with Crippen LogP contribution in [0.5, 0.6) is 0 Å². The Morgan fingerprint density at radius 3 is 2.84 bits per heavy atom. The first-order valence-corrected chi connectivity index (χ1v) is 6.60. The molecule has 0 atom stereocenters. The fourth-order valence-corrected chi connectivity index (χ4v) is 2.43. The van der Waals surface area contributed by atoms with E-state index in [4.69, 9.17) is 0 Å². The van der Waals surface area contributed by atoms with Crippen molar-refractivity contribution in [2.45, 2.75) is 31.7 Å². The third-order valence-corrected chi connectivity index (χ3v) is 3.39. The summed E-state index contributed by atoms with van der Waals surface area (Å²) in [6.07, 6.45) is 6.27. The van der Waals surface area contributed by atoms with Gasteiger partial charge in [0.15, 0.2) is 0 Å². The number of rotatable bonds is 2. The SMILES string of the molecule is O=C(Nc1ccc2ncccc2n1)NC1CCCC1. The summed E-state index contributed by atoms with van der Waals surface area (Å²) < 4.78 is 0. The van der Waals surface area contributed by atoms with E-state index in [-0.39, 0.29) is 6.03 Å². The predicted molar refractivity (Wildman–Crippen MR) is 73.9 cm³/mol. The molecule has 98 valence electrons. The number of hydrogen-bond donors (Lipinski definition) is 2. The van der Waals surface area contributed by atoms with Crippen LogP contribution in [0.1, 0.15) is 25.7 Å². The summed E-state index contributed by atoms with van der Waals surface area (Å²) in [6.45, 7) is 0. The lowest BCUT2D eigenvalue weighted by molar-refractivity contribution is 0.248. The Labute approximate surface area is 111 Å². The summed E-state index contributed by atoms with van der Waals surface area (Å²) in [7, 11) is 0. The molecule has 0 radical (unpaired) electrons. The lowest BCUT2D eigenvalue weighted by Crippen LogP contribution is -2.36. The molecule has 0 saturated heterocycles. The Morgan fingerprint density at radius 1 is 1.16 bits per heavy atom. The molecule has 0 bridgehead atoms. The van der Waals surface area contributed by atoms with E-state index in [1.54, 1.807) is 12.3 Å². The maximum absolute atomic E-state index is 11.8. The number of nitrogens with zero attached hydrogens (tertiary/aromatic N) is 2. The summed E-state index contributed by atoms with van der Waals surface area (Å²) in [6, 6.07) is 7.46. The normalized spacial score (nSPS) is 15.6. The van der Waals surface area contributed by atoms with Gasteiger partial charge in [0.25, 0.3) is 0 Å². The van der Waals surface area contributed by atoms with Crippen LogP contribution in [0.25, 0.3) is 11.0 Å². The van der Waals surface area contributed by atoms with Gasteiger partial charge in [-0.25, -0.2) is 9.78 Å². The van der Waals surface area contributed by atoms with E-state index in [1.165, 1.54) is 12.8 Å². The number of hydrogen-bond acceptors (Lipinski definition) is 3. The summed E-state index contributed by atoms with van der Waals surface area (Å²) in [5.74, 6) is 0.552. The van der Waals surface area contributed by atoms with Crippen molar-refractivity contribution in [1.29, 1.82) is 0 Å². The van der Waals surface area contributed by atoms with Crippen molar-refractivity contribution in [2.75, 3.05) is 5.32 Å². The van der Waals surface area contributed by atoms with Crippen LogP contribution in [-0.2, 0) is 0 Å². The lowest BCUT2D eigenvalue weighted by atomic mass is 10.2.